The Morgan fingerprint density at radius 3 is 2.53 bits per heavy atom. The quantitative estimate of drug-likeness (QED) is 0.880. The van der Waals surface area contributed by atoms with E-state index in [0.717, 1.165) is 17.9 Å². The SMILES string of the molecule is COc1ccc(C[C@@H](C)Nc2cccc(F)c2)cc1. The molecule has 0 bridgehead atoms. The van der Waals surface area contributed by atoms with Gasteiger partial charge in [0.25, 0.3) is 0 Å². The maximum atomic E-state index is 13.1. The minimum atomic E-state index is -0.221. The highest BCUT2D eigenvalue weighted by Gasteiger charge is 2.04. The lowest BCUT2D eigenvalue weighted by Crippen LogP contribution is -2.18. The molecular weight excluding hydrogens is 241 g/mol. The molecule has 1 atom stereocenters. The van der Waals surface area contributed by atoms with Crippen LogP contribution in [0, 0.1) is 5.82 Å². The zero-order valence-corrected chi connectivity index (χ0v) is 11.2. The van der Waals surface area contributed by atoms with Gasteiger partial charge in [0.15, 0.2) is 0 Å². The zero-order valence-electron chi connectivity index (χ0n) is 11.2. The van der Waals surface area contributed by atoms with Crippen molar-refractivity contribution in [1.29, 1.82) is 0 Å². The first-order chi connectivity index (χ1) is 9.17. The lowest BCUT2D eigenvalue weighted by molar-refractivity contribution is 0.414. The number of hydrogen-bond acceptors (Lipinski definition) is 2. The van der Waals surface area contributed by atoms with Crippen LogP contribution in [-0.2, 0) is 6.42 Å². The summed E-state index contributed by atoms with van der Waals surface area (Å²) in [6.07, 6.45) is 0.876. The second-order valence-electron chi connectivity index (χ2n) is 4.61. The minimum Gasteiger partial charge on any atom is -0.497 e. The lowest BCUT2D eigenvalue weighted by Gasteiger charge is -2.15. The van der Waals surface area contributed by atoms with Gasteiger partial charge < -0.3 is 10.1 Å². The van der Waals surface area contributed by atoms with E-state index in [-0.39, 0.29) is 11.9 Å². The standard InChI is InChI=1S/C16H18FNO/c1-12(18-15-5-3-4-14(17)11-15)10-13-6-8-16(19-2)9-7-13/h3-9,11-12,18H,10H2,1-2H3/t12-/m1/s1. The number of hydrogen-bond donors (Lipinski definition) is 1. The second-order valence-corrected chi connectivity index (χ2v) is 4.61. The first-order valence-corrected chi connectivity index (χ1v) is 6.32. The summed E-state index contributed by atoms with van der Waals surface area (Å²) in [4.78, 5) is 0. The molecule has 0 aromatic heterocycles. The molecule has 0 amide bonds. The third kappa shape index (κ3) is 3.98. The maximum Gasteiger partial charge on any atom is 0.125 e. The largest absolute Gasteiger partial charge is 0.497 e. The van der Waals surface area contributed by atoms with Gasteiger partial charge in [0.1, 0.15) is 11.6 Å². The number of anilines is 1. The smallest absolute Gasteiger partial charge is 0.125 e. The van der Waals surface area contributed by atoms with Crippen LogP contribution in [0.25, 0.3) is 0 Å². The molecule has 0 aliphatic carbocycles. The Kier molecular flexibility index (Phi) is 4.39. The minimum absolute atomic E-state index is 0.221. The highest BCUT2D eigenvalue weighted by molar-refractivity contribution is 5.44. The van der Waals surface area contributed by atoms with E-state index in [0.29, 0.717) is 0 Å². The molecule has 1 N–H and O–H groups in total. The van der Waals surface area contributed by atoms with Crippen molar-refractivity contribution in [3.8, 4) is 5.75 Å². The van der Waals surface area contributed by atoms with Gasteiger partial charge in [0.05, 0.1) is 7.11 Å². The third-order valence-corrected chi connectivity index (χ3v) is 2.94. The predicted octanol–water partition coefficient (Wildman–Crippen LogP) is 3.88. The summed E-state index contributed by atoms with van der Waals surface area (Å²) in [5.74, 6) is 0.635. The average Bonchev–Trinajstić information content (AvgIpc) is 2.39. The molecule has 100 valence electrons. The van der Waals surface area contributed by atoms with Crippen LogP contribution in [0.15, 0.2) is 48.5 Å². The van der Waals surface area contributed by atoms with Gasteiger partial charge in [-0.2, -0.15) is 0 Å². The first-order valence-electron chi connectivity index (χ1n) is 6.32. The molecule has 0 aliphatic rings. The molecule has 2 nitrogen and oxygen atoms in total. The molecule has 2 aromatic rings. The Morgan fingerprint density at radius 2 is 1.89 bits per heavy atom. The summed E-state index contributed by atoms with van der Waals surface area (Å²) in [5, 5.41) is 3.29. The highest BCUT2D eigenvalue weighted by atomic mass is 19.1. The maximum absolute atomic E-state index is 13.1. The second kappa shape index (κ2) is 6.23. The van der Waals surface area contributed by atoms with Crippen LogP contribution in [0.2, 0.25) is 0 Å². The number of ether oxygens (including phenoxy) is 1. The number of rotatable bonds is 5. The predicted molar refractivity (Wildman–Crippen MR) is 76.2 cm³/mol. The van der Waals surface area contributed by atoms with Crippen LogP contribution in [0.4, 0.5) is 10.1 Å². The van der Waals surface area contributed by atoms with E-state index in [9.17, 15) is 4.39 Å². The van der Waals surface area contributed by atoms with Gasteiger partial charge >= 0.3 is 0 Å². The van der Waals surface area contributed by atoms with E-state index in [4.69, 9.17) is 4.74 Å². The Balaban J connectivity index is 1.95. The van der Waals surface area contributed by atoms with Gasteiger partial charge in [0.2, 0.25) is 0 Å². The Hall–Kier alpha value is -2.03. The van der Waals surface area contributed by atoms with Crippen LogP contribution < -0.4 is 10.1 Å². The Bertz CT molecular complexity index is 525. The molecule has 0 radical (unpaired) electrons. The van der Waals surface area contributed by atoms with E-state index >= 15 is 0 Å². The van der Waals surface area contributed by atoms with Gasteiger partial charge in [-0.05, 0) is 49.2 Å². The van der Waals surface area contributed by atoms with Crippen molar-refractivity contribution in [3.63, 3.8) is 0 Å². The van der Waals surface area contributed by atoms with E-state index in [1.165, 1.54) is 17.7 Å². The Labute approximate surface area is 113 Å². The van der Waals surface area contributed by atoms with Crippen molar-refractivity contribution in [2.45, 2.75) is 19.4 Å². The summed E-state index contributed by atoms with van der Waals surface area (Å²) >= 11 is 0. The molecule has 0 saturated carbocycles. The fourth-order valence-electron chi connectivity index (χ4n) is 2.03. The Morgan fingerprint density at radius 1 is 1.16 bits per heavy atom. The fraction of sp³-hybridized carbons (Fsp3) is 0.250. The summed E-state index contributed by atoms with van der Waals surface area (Å²) in [5.41, 5.74) is 2.03. The lowest BCUT2D eigenvalue weighted by atomic mass is 10.1. The molecular formula is C16H18FNO. The van der Waals surface area contributed by atoms with Crippen LogP contribution in [-0.4, -0.2) is 13.2 Å². The van der Waals surface area contributed by atoms with Gasteiger partial charge in [-0.15, -0.1) is 0 Å². The van der Waals surface area contributed by atoms with Gasteiger partial charge in [0, 0.05) is 11.7 Å². The van der Waals surface area contributed by atoms with E-state index in [2.05, 4.69) is 12.2 Å². The van der Waals surface area contributed by atoms with Crippen LogP contribution in [0.3, 0.4) is 0 Å². The van der Waals surface area contributed by atoms with Crippen molar-refractivity contribution >= 4 is 5.69 Å². The average molecular weight is 259 g/mol. The molecule has 2 aromatic carbocycles. The fourth-order valence-corrected chi connectivity index (χ4v) is 2.03. The highest BCUT2D eigenvalue weighted by Crippen LogP contribution is 2.15. The third-order valence-electron chi connectivity index (χ3n) is 2.94. The van der Waals surface area contributed by atoms with Crippen molar-refractivity contribution in [2.75, 3.05) is 12.4 Å². The molecule has 2 rings (SSSR count). The topological polar surface area (TPSA) is 21.3 Å². The molecule has 0 heterocycles. The monoisotopic (exact) mass is 259 g/mol. The molecule has 0 unspecified atom stereocenters. The molecule has 19 heavy (non-hydrogen) atoms. The van der Waals surface area contributed by atoms with Crippen molar-refractivity contribution in [3.05, 3.63) is 59.9 Å². The zero-order chi connectivity index (χ0) is 13.7. The molecule has 0 aliphatic heterocycles. The van der Waals surface area contributed by atoms with Crippen molar-refractivity contribution in [2.24, 2.45) is 0 Å². The summed E-state index contributed by atoms with van der Waals surface area (Å²) in [7, 11) is 1.66. The number of nitrogens with one attached hydrogen (secondary N) is 1. The molecule has 0 fully saturated rings. The summed E-state index contributed by atoms with van der Waals surface area (Å²) in [6.45, 7) is 2.08. The molecule has 0 spiro atoms. The molecule has 3 heteroatoms. The van der Waals surface area contributed by atoms with Crippen LogP contribution in [0.1, 0.15) is 12.5 Å². The van der Waals surface area contributed by atoms with E-state index in [1.807, 2.05) is 30.3 Å². The summed E-state index contributed by atoms with van der Waals surface area (Å²) < 4.78 is 18.2. The first kappa shape index (κ1) is 13.4. The van der Waals surface area contributed by atoms with E-state index in [1.54, 1.807) is 13.2 Å². The normalized spacial score (nSPS) is 11.9. The van der Waals surface area contributed by atoms with E-state index < -0.39 is 0 Å². The summed E-state index contributed by atoms with van der Waals surface area (Å²) in [6, 6.07) is 14.7. The van der Waals surface area contributed by atoms with Crippen LogP contribution in [0.5, 0.6) is 5.75 Å². The van der Waals surface area contributed by atoms with Gasteiger partial charge in [-0.1, -0.05) is 18.2 Å². The number of methoxy groups -OCH3 is 1. The van der Waals surface area contributed by atoms with Crippen molar-refractivity contribution < 1.29 is 9.13 Å². The number of halogens is 1. The number of benzene rings is 2. The molecule has 0 saturated heterocycles. The van der Waals surface area contributed by atoms with Gasteiger partial charge in [-0.25, -0.2) is 4.39 Å². The van der Waals surface area contributed by atoms with Crippen molar-refractivity contribution in [1.82, 2.24) is 0 Å². The van der Waals surface area contributed by atoms with Crippen LogP contribution >= 0.6 is 0 Å². The van der Waals surface area contributed by atoms with Gasteiger partial charge in [-0.3, -0.25) is 0 Å².